The van der Waals surface area contributed by atoms with Crippen molar-refractivity contribution >= 4 is 22.4 Å². The highest BCUT2D eigenvalue weighted by Crippen LogP contribution is 2.48. The average molecular weight is 410 g/mol. The minimum absolute atomic E-state index is 0.589. The van der Waals surface area contributed by atoms with E-state index >= 15 is 0 Å². The molecule has 4 aliphatic rings. The molecule has 154 valence electrons. The van der Waals surface area contributed by atoms with Crippen molar-refractivity contribution in [3.05, 3.63) is 49.3 Å². The molecular weight excluding hydrogens is 388 g/mol. The summed E-state index contributed by atoms with van der Waals surface area (Å²) in [7, 11) is 2.05. The molecule has 8 heteroatoms. The lowest BCUT2D eigenvalue weighted by atomic mass is 10.1. The van der Waals surface area contributed by atoms with Crippen LogP contribution in [0.3, 0.4) is 0 Å². The number of hydrogen-bond donors (Lipinski definition) is 1. The van der Waals surface area contributed by atoms with Crippen molar-refractivity contribution in [2.24, 2.45) is 11.8 Å². The van der Waals surface area contributed by atoms with Gasteiger partial charge in [-0.05, 0) is 37.4 Å². The summed E-state index contributed by atoms with van der Waals surface area (Å²) in [6.45, 7) is 8.00. The third kappa shape index (κ3) is 2.79. The highest BCUT2D eigenvalue weighted by atomic mass is 15.3. The zero-order valence-electron chi connectivity index (χ0n) is 17.4. The third-order valence-electron chi connectivity index (χ3n) is 6.44. The van der Waals surface area contributed by atoms with Crippen LogP contribution in [-0.4, -0.2) is 56.1 Å². The van der Waals surface area contributed by atoms with Gasteiger partial charge in [-0.25, -0.2) is 24.9 Å². The normalized spacial score (nSPS) is 22.1. The first-order chi connectivity index (χ1) is 15.2. The second-order valence-corrected chi connectivity index (χ2v) is 8.38. The van der Waals surface area contributed by atoms with Gasteiger partial charge in [0.15, 0.2) is 11.5 Å². The number of nitrogens with zero attached hydrogens (tertiary/aromatic N) is 7. The zero-order valence-corrected chi connectivity index (χ0v) is 17.4. The summed E-state index contributed by atoms with van der Waals surface area (Å²) >= 11 is 0. The quantitative estimate of drug-likeness (QED) is 0.549. The standard InChI is InChI=1S/C23H22N8/c1-12(2)18-20-14(5-4-6-27-18)17-22(28-20)29-21(13-7-25-11-26-8-13)30-23(17)31-9-15-16(10-31)19(15)24-3/h4-8,11,15-16,19,24H,1,9-10H2,2-3H3. The number of rotatable bonds is 4. The summed E-state index contributed by atoms with van der Waals surface area (Å²) in [6.07, 6.45) is 6.77. The Morgan fingerprint density at radius 3 is 2.61 bits per heavy atom. The van der Waals surface area contributed by atoms with Gasteiger partial charge in [0, 0.05) is 43.3 Å². The fraction of sp³-hybridized carbons (Fsp3) is 0.304. The van der Waals surface area contributed by atoms with Gasteiger partial charge in [-0.1, -0.05) is 12.6 Å². The van der Waals surface area contributed by atoms with E-state index in [1.54, 1.807) is 18.6 Å². The number of anilines is 1. The van der Waals surface area contributed by atoms with Crippen molar-refractivity contribution in [3.8, 4) is 22.6 Å². The second-order valence-electron chi connectivity index (χ2n) is 8.38. The van der Waals surface area contributed by atoms with Crippen molar-refractivity contribution in [1.82, 2.24) is 35.2 Å². The van der Waals surface area contributed by atoms with Crippen LogP contribution >= 0.6 is 0 Å². The van der Waals surface area contributed by atoms with E-state index in [9.17, 15) is 0 Å². The van der Waals surface area contributed by atoms with Crippen LogP contribution in [0.25, 0.3) is 39.3 Å². The molecule has 1 aliphatic carbocycles. The molecule has 1 N–H and O–H groups in total. The van der Waals surface area contributed by atoms with Crippen molar-refractivity contribution in [2.75, 3.05) is 25.0 Å². The first kappa shape index (κ1) is 18.3. The zero-order chi connectivity index (χ0) is 21.1. The molecule has 0 amide bonds. The molecule has 0 aromatic carbocycles. The molecule has 8 nitrogen and oxygen atoms in total. The predicted octanol–water partition coefficient (Wildman–Crippen LogP) is 2.67. The van der Waals surface area contributed by atoms with Crippen molar-refractivity contribution < 1.29 is 0 Å². The molecule has 31 heavy (non-hydrogen) atoms. The van der Waals surface area contributed by atoms with Gasteiger partial charge < -0.3 is 10.2 Å². The third-order valence-corrected chi connectivity index (χ3v) is 6.44. The molecule has 2 atom stereocenters. The number of aromatic nitrogens is 6. The Bertz CT molecular complexity index is 1280. The van der Waals surface area contributed by atoms with Gasteiger partial charge in [0.2, 0.25) is 0 Å². The van der Waals surface area contributed by atoms with Gasteiger partial charge in [-0.15, -0.1) is 0 Å². The molecule has 1 saturated carbocycles. The predicted molar refractivity (Wildman–Crippen MR) is 120 cm³/mol. The number of fused-ring (bicyclic) bond motifs is 4. The van der Waals surface area contributed by atoms with Gasteiger partial charge in [0.1, 0.15) is 12.1 Å². The maximum atomic E-state index is 5.01. The van der Waals surface area contributed by atoms with E-state index < -0.39 is 0 Å². The van der Waals surface area contributed by atoms with Gasteiger partial charge in [0.05, 0.1) is 22.3 Å². The van der Waals surface area contributed by atoms with E-state index in [0.29, 0.717) is 29.3 Å². The summed E-state index contributed by atoms with van der Waals surface area (Å²) in [5, 5.41) is 4.40. The summed E-state index contributed by atoms with van der Waals surface area (Å²) in [5.74, 6) is 2.84. The topological polar surface area (TPSA) is 92.6 Å². The fourth-order valence-electron chi connectivity index (χ4n) is 4.92. The van der Waals surface area contributed by atoms with Crippen LogP contribution < -0.4 is 10.2 Å². The summed E-state index contributed by atoms with van der Waals surface area (Å²) in [4.78, 5) is 29.9. The molecule has 2 fully saturated rings. The number of nitrogens with one attached hydrogen (secondary N) is 1. The summed E-state index contributed by atoms with van der Waals surface area (Å²) < 4.78 is 0. The Balaban J connectivity index is 1.58. The Morgan fingerprint density at radius 2 is 1.90 bits per heavy atom. The van der Waals surface area contributed by atoms with Crippen molar-refractivity contribution in [1.29, 1.82) is 0 Å². The largest absolute Gasteiger partial charge is 0.355 e. The Hall–Kier alpha value is -3.52. The minimum Gasteiger partial charge on any atom is -0.355 e. The monoisotopic (exact) mass is 410 g/mol. The first-order valence-electron chi connectivity index (χ1n) is 10.5. The fourth-order valence-corrected chi connectivity index (χ4v) is 4.92. The van der Waals surface area contributed by atoms with E-state index in [0.717, 1.165) is 52.4 Å². The van der Waals surface area contributed by atoms with Crippen LogP contribution in [0, 0.1) is 11.8 Å². The second kappa shape index (κ2) is 6.75. The number of allylic oxidation sites excluding steroid dienone is 1. The molecular formula is C23H22N8. The molecule has 0 radical (unpaired) electrons. The van der Waals surface area contributed by atoms with Crippen LogP contribution in [0.5, 0.6) is 0 Å². The van der Waals surface area contributed by atoms with E-state index in [-0.39, 0.29) is 0 Å². The summed E-state index contributed by atoms with van der Waals surface area (Å²) in [6, 6.07) is 4.61. The Labute approximate surface area is 179 Å². The smallest absolute Gasteiger partial charge is 0.167 e. The maximum absolute atomic E-state index is 5.01. The molecule has 1 saturated heterocycles. The molecule has 3 aliphatic heterocycles. The van der Waals surface area contributed by atoms with E-state index in [1.807, 2.05) is 20.0 Å². The minimum atomic E-state index is 0.589. The van der Waals surface area contributed by atoms with Crippen LogP contribution in [0.2, 0.25) is 0 Å². The molecule has 2 aromatic heterocycles. The lowest BCUT2D eigenvalue weighted by molar-refractivity contribution is 0.650. The molecule has 6 rings (SSSR count). The van der Waals surface area contributed by atoms with Crippen molar-refractivity contribution in [3.63, 3.8) is 0 Å². The molecule has 0 spiro atoms. The van der Waals surface area contributed by atoms with Crippen LogP contribution in [-0.2, 0) is 0 Å². The average Bonchev–Trinajstić information content (AvgIpc) is 3.14. The Kier molecular flexibility index (Phi) is 3.97. The van der Waals surface area contributed by atoms with E-state index in [4.69, 9.17) is 15.0 Å². The highest BCUT2D eigenvalue weighted by molar-refractivity contribution is 6.05. The maximum Gasteiger partial charge on any atom is 0.167 e. The molecule has 2 unspecified atom stereocenters. The van der Waals surface area contributed by atoms with Gasteiger partial charge >= 0.3 is 0 Å². The van der Waals surface area contributed by atoms with Crippen LogP contribution in [0.4, 0.5) is 5.82 Å². The van der Waals surface area contributed by atoms with Gasteiger partial charge in [-0.2, -0.15) is 0 Å². The summed E-state index contributed by atoms with van der Waals surface area (Å²) in [5.41, 5.74) is 4.91. The van der Waals surface area contributed by atoms with Gasteiger partial charge in [0.25, 0.3) is 0 Å². The number of hydrogen-bond acceptors (Lipinski definition) is 8. The lowest BCUT2D eigenvalue weighted by Crippen LogP contribution is -2.30. The van der Waals surface area contributed by atoms with E-state index in [1.165, 1.54) is 6.33 Å². The molecule has 0 bridgehead atoms. The Morgan fingerprint density at radius 1 is 1.13 bits per heavy atom. The molecule has 2 aromatic rings. The number of piperidine rings is 1. The first-order valence-corrected chi connectivity index (χ1v) is 10.5. The SMILES string of the molecule is C=C(C)c1ncccc2c3c(N4CC5C(C4)C5NC)nc(-c4cncnc4)nc3nc1-2. The lowest BCUT2D eigenvalue weighted by Gasteiger charge is -2.22. The van der Waals surface area contributed by atoms with Crippen LogP contribution in [0.15, 0.2) is 43.6 Å². The van der Waals surface area contributed by atoms with Gasteiger partial charge in [-0.3, -0.25) is 4.98 Å². The highest BCUT2D eigenvalue weighted by Gasteiger charge is 2.55. The molecule has 5 heterocycles. The van der Waals surface area contributed by atoms with E-state index in [2.05, 4.69) is 37.8 Å². The van der Waals surface area contributed by atoms with Crippen LogP contribution in [0.1, 0.15) is 12.6 Å². The van der Waals surface area contributed by atoms with Crippen molar-refractivity contribution in [2.45, 2.75) is 13.0 Å².